The number of nitrogens with one attached hydrogen (secondary N) is 3. The summed E-state index contributed by atoms with van der Waals surface area (Å²) in [5.41, 5.74) is 9.89. The van der Waals surface area contributed by atoms with Crippen LogP contribution < -0.4 is 27.4 Å². The van der Waals surface area contributed by atoms with Gasteiger partial charge in [0.05, 0.1) is 27.4 Å². The lowest BCUT2D eigenvalue weighted by atomic mass is 9.87. The van der Waals surface area contributed by atoms with Crippen LogP contribution in [0.5, 0.6) is 11.5 Å². The van der Waals surface area contributed by atoms with Gasteiger partial charge in [-0.15, -0.1) is 0 Å². The number of fused-ring (bicyclic) bond motifs is 5. The van der Waals surface area contributed by atoms with E-state index in [4.69, 9.17) is 35.5 Å². The third kappa shape index (κ3) is 61.6. The van der Waals surface area contributed by atoms with E-state index in [0.29, 0.717) is 114 Å². The molecule has 0 unspecified atom stereocenters. The molecule has 4 amide bonds. The van der Waals surface area contributed by atoms with Gasteiger partial charge in [0, 0.05) is 114 Å². The van der Waals surface area contributed by atoms with Crippen LogP contribution >= 0.6 is 0 Å². The van der Waals surface area contributed by atoms with Gasteiger partial charge in [-0.3, -0.25) is 47.9 Å². The molecule has 5 atom stereocenters. The van der Waals surface area contributed by atoms with Crippen LogP contribution in [0.4, 0.5) is 19.2 Å². The minimum atomic E-state index is -1.21. The molecule has 10 N–H and O–H groups in total. The van der Waals surface area contributed by atoms with Crippen molar-refractivity contribution in [1.82, 2.24) is 30.7 Å². The molecule has 1 aliphatic rings. The maximum absolute atomic E-state index is 14.5. The molecule has 33 heteroatoms. The number of carbonyl (C=O) groups excluding carboxylic acids is 13. The number of carboxylic acids is 1. The summed E-state index contributed by atoms with van der Waals surface area (Å²) in [5.74, 6) is -5.90. The van der Waals surface area contributed by atoms with E-state index in [1.165, 1.54) is 101 Å². The number of carbonyl (C=O) groups is 14. The number of phenolic OH excluding ortho intramolecular Hbond substituents is 2. The number of hydrogen-bond acceptors (Lipinski definition) is 28. The molecular weight excluding hydrogens is 1590 g/mol. The highest BCUT2D eigenvalue weighted by atomic mass is 16.8. The molecule has 3 rings (SSSR count). The Morgan fingerprint density at radius 2 is 1.01 bits per heavy atom. The second-order valence-corrected chi connectivity index (χ2v) is 34.0. The molecule has 0 fully saturated rings. The summed E-state index contributed by atoms with van der Waals surface area (Å²) in [6.07, 6.45) is 12.0. The van der Waals surface area contributed by atoms with Crippen molar-refractivity contribution in [2.45, 2.75) is 307 Å². The van der Waals surface area contributed by atoms with Crippen LogP contribution in [0.15, 0.2) is 36.4 Å². The maximum Gasteiger partial charge on any atom is 0.519 e. The number of hydrogen-bond donors (Lipinski definition) is 8. The smallest absolute Gasteiger partial charge is 0.507 e. The van der Waals surface area contributed by atoms with Crippen molar-refractivity contribution in [2.24, 2.45) is 29.2 Å². The predicted molar refractivity (Wildman–Crippen MR) is 472 cm³/mol. The first-order chi connectivity index (χ1) is 56.8. The third-order valence-electron chi connectivity index (χ3n) is 17.8. The molecule has 123 heavy (non-hydrogen) atoms. The average molecular weight is 1750 g/mol. The van der Waals surface area contributed by atoms with E-state index in [1.807, 2.05) is 27.8 Å². The lowest BCUT2D eigenvalue weighted by Gasteiger charge is -2.32. The number of likely N-dealkylation sites (N-methyl/N-ethyl adjacent to an activating group) is 1. The first kappa shape index (κ1) is 120. The number of rotatable bonds is 39. The van der Waals surface area contributed by atoms with E-state index in [-0.39, 0.29) is 104 Å². The van der Waals surface area contributed by atoms with Crippen molar-refractivity contribution < 1.29 is 120 Å². The monoisotopic (exact) mass is 1750 g/mol. The normalized spacial score (nSPS) is 14.1. The quantitative estimate of drug-likeness (QED) is 0.0133. The number of amides is 4. The fourth-order valence-corrected chi connectivity index (χ4v) is 11.1. The van der Waals surface area contributed by atoms with Crippen LogP contribution in [0.1, 0.15) is 283 Å². The number of phenols is 2. The van der Waals surface area contributed by atoms with Gasteiger partial charge in [-0.1, -0.05) is 85.3 Å². The Balaban J connectivity index is -0.000000883. The highest BCUT2D eigenvalue weighted by Gasteiger charge is 2.37. The number of nitrogens with two attached hydrogens (primary N) is 2. The van der Waals surface area contributed by atoms with Gasteiger partial charge in [0.1, 0.15) is 51.5 Å². The van der Waals surface area contributed by atoms with Gasteiger partial charge < -0.3 is 95.3 Å². The van der Waals surface area contributed by atoms with Gasteiger partial charge in [0.15, 0.2) is 11.6 Å². The summed E-state index contributed by atoms with van der Waals surface area (Å²) in [6.45, 7) is 32.0. The zero-order chi connectivity index (χ0) is 94.1. The summed E-state index contributed by atoms with van der Waals surface area (Å²) < 4.78 is 37.3. The number of ether oxygens (including phenoxy) is 8. The summed E-state index contributed by atoms with van der Waals surface area (Å²) in [6, 6.07) is 6.92. The van der Waals surface area contributed by atoms with Crippen molar-refractivity contribution in [3.63, 3.8) is 0 Å². The highest BCUT2D eigenvalue weighted by molar-refractivity contribution is 5.97. The summed E-state index contributed by atoms with van der Waals surface area (Å²) >= 11 is 0. The molecule has 0 spiro atoms. The van der Waals surface area contributed by atoms with E-state index in [2.05, 4.69) is 41.8 Å². The zero-order valence-corrected chi connectivity index (χ0v) is 77.6. The number of ketones is 4. The van der Waals surface area contributed by atoms with Gasteiger partial charge in [-0.05, 0) is 223 Å². The second kappa shape index (κ2) is 65.3. The second-order valence-electron chi connectivity index (χ2n) is 34.0. The lowest BCUT2D eigenvalue weighted by molar-refractivity contribution is -0.144. The van der Waals surface area contributed by atoms with Crippen molar-refractivity contribution in [3.05, 3.63) is 47.5 Å². The van der Waals surface area contributed by atoms with E-state index >= 15 is 0 Å². The van der Waals surface area contributed by atoms with Crippen LogP contribution in [-0.2, 0) is 92.3 Å². The molecule has 0 radical (unpaired) electrons. The van der Waals surface area contributed by atoms with Gasteiger partial charge in [-0.2, -0.15) is 0 Å². The van der Waals surface area contributed by atoms with Gasteiger partial charge in [0.25, 0.3) is 0 Å². The van der Waals surface area contributed by atoms with Crippen LogP contribution in [-0.4, -0.2) is 237 Å². The maximum atomic E-state index is 14.5. The highest BCUT2D eigenvalue weighted by Crippen LogP contribution is 2.40. The fourth-order valence-electron chi connectivity index (χ4n) is 11.1. The number of nitrogens with zero attached hydrogens (tertiary/aromatic N) is 3. The van der Waals surface area contributed by atoms with Gasteiger partial charge in [-0.25, -0.2) is 19.2 Å². The first-order valence-corrected chi connectivity index (χ1v) is 42.3. The van der Waals surface area contributed by atoms with Crippen LogP contribution in [0.25, 0.3) is 11.1 Å². The van der Waals surface area contributed by atoms with Crippen LogP contribution in [0.3, 0.4) is 0 Å². The number of aliphatic carboxylic acids is 1. The molecule has 2 aromatic carbocycles. The molecule has 1 aliphatic heterocycles. The number of esters is 3. The largest absolute Gasteiger partial charge is 0.519 e. The van der Waals surface area contributed by atoms with Gasteiger partial charge >= 0.3 is 48.4 Å². The summed E-state index contributed by atoms with van der Waals surface area (Å²) in [7, 11) is 10.7. The first-order valence-electron chi connectivity index (χ1n) is 42.3. The van der Waals surface area contributed by atoms with Gasteiger partial charge in [0.2, 0.25) is 11.8 Å². The van der Waals surface area contributed by atoms with E-state index in [1.54, 1.807) is 115 Å². The molecule has 0 saturated heterocycles. The Morgan fingerprint density at radius 3 is 1.47 bits per heavy atom. The Labute approximate surface area is 732 Å². The molecule has 2 aromatic rings. The predicted octanol–water partition coefficient (Wildman–Crippen LogP) is 14.0. The number of Topliss-reactive ketones (excluding diaryl/α,β-unsaturated/α-hetero) is 4. The number of aromatic hydroxyl groups is 2. The molecule has 0 saturated carbocycles. The molecule has 4 bridgehead atoms. The molecular formula is C90H156N8O25. The van der Waals surface area contributed by atoms with Crippen LogP contribution in [0.2, 0.25) is 0 Å². The number of methoxy groups -OCH3 is 3. The topological polar surface area (TPSA) is 471 Å². The Kier molecular flexibility index (Phi) is 63.7. The van der Waals surface area contributed by atoms with Crippen molar-refractivity contribution in [3.8, 4) is 22.6 Å². The molecule has 706 valence electrons. The Hall–Kier alpha value is -9.34. The Bertz CT molecular complexity index is 3460. The molecule has 1 heterocycles. The van der Waals surface area contributed by atoms with E-state index in [0.717, 1.165) is 25.9 Å². The standard InChI is InChI=1S/C47H70N4O8.C11H21NO4.C10H19NO4.C10H18O5.C6H13NO2.C5H11NO2.CH4/c1-6-7-8-9-10-11-14-23-49-24-15-17-37(53)29-36(16-12-13-22-48)47(59)51(5)45-35-19-21-42(55)39(30-35)38-27-34(18-20-41(38)54)28-40(43(56)25-31(2)33(4)52)50-46(58)32(3)26-44(45)57;1-11(2,3)16-10(14)12(4)8-6-7-9(13)15-5;1-10(2,3)15-9(14)11(4)7-5-6-8(12)13;1-9(2,3)14-7(11)13-8(12)15-10(4,5)6;1-7-5-3-4-6(8)9-2;1-8-5(7)3-2-4-6;/h18-21,27,30-32,36,40,45,49,54-55H,6-17,22-26,28-29,48H2,1-5H3,(H,50,58);6-8H2,1-5H3;5-7H2,1-4H3,(H,12,13);1-6H3;7H,3-5H2,1-2H3;2-4,6H2,1H3;1H4/t31-,32-,36-,40+,45+;;;;;;/m1....../s1. The SMILES string of the molecule is C.CC(C)(C)OC(=O)OC(=O)OC(C)(C)C.CCCCCCCCCNCCCC(=O)C[C@@H](CCCCN)C(=O)N(C)[C@@H]1C(=O)C[C@@H](C)C(=O)N[C@H](C(=O)C[C@@H](C)C(C)=O)Cc2ccc(O)c(c2)-c2cc1ccc2O.CN(CCCC(=O)O)C(=O)OC(C)(C)C.CNCCCC(=O)OC.COC(=O)CCCN.COC(=O)CCCN(C)C(=O)OC(C)(C)C. The minimum Gasteiger partial charge on any atom is -0.507 e. The van der Waals surface area contributed by atoms with Crippen LogP contribution in [0, 0.1) is 17.8 Å². The van der Waals surface area contributed by atoms with E-state index in [9.17, 15) is 77.3 Å². The number of carboxylic acid groups (broad SMARTS) is 1. The van der Waals surface area contributed by atoms with E-state index < -0.39 is 94.2 Å². The molecule has 0 aliphatic carbocycles. The lowest BCUT2D eigenvalue weighted by Crippen LogP contribution is -2.46. The number of benzene rings is 2. The minimum absolute atomic E-state index is 0. The van der Waals surface area contributed by atoms with Crippen molar-refractivity contribution in [2.75, 3.05) is 95.3 Å². The summed E-state index contributed by atoms with van der Waals surface area (Å²) in [5, 5.41) is 39.7. The number of unbranched alkanes of at least 4 members (excludes halogenated alkanes) is 7. The Morgan fingerprint density at radius 1 is 0.561 bits per heavy atom. The third-order valence-corrected chi connectivity index (χ3v) is 17.8. The zero-order valence-electron chi connectivity index (χ0n) is 77.6. The van der Waals surface area contributed by atoms with Crippen molar-refractivity contribution in [1.29, 1.82) is 0 Å². The molecule has 0 aromatic heterocycles. The van der Waals surface area contributed by atoms with Crippen molar-refractivity contribution >= 4 is 83.3 Å². The fraction of sp³-hybridized carbons (Fsp3) is 0.711. The molecule has 33 nitrogen and oxygen atoms in total. The summed E-state index contributed by atoms with van der Waals surface area (Å²) in [4.78, 5) is 172. The average Bonchev–Trinajstić information content (AvgIpc) is 0.783.